The van der Waals surface area contributed by atoms with Gasteiger partial charge in [0.05, 0.1) is 0 Å². The normalized spacial score (nSPS) is 12.6. The summed E-state index contributed by atoms with van der Waals surface area (Å²) >= 11 is 0. The minimum Gasteiger partial charge on any atom is -0.462 e. The number of unbranched alkanes of at least 4 members (excludes halogenated alkanes) is 34. The third kappa shape index (κ3) is 51.6. The second-order valence-electron chi connectivity index (χ2n) is 21.5. The van der Waals surface area contributed by atoms with Gasteiger partial charge in [-0.2, -0.15) is 0 Å². The summed E-state index contributed by atoms with van der Waals surface area (Å²) in [6.45, 7) is 13.8. The van der Waals surface area contributed by atoms with Crippen molar-refractivity contribution in [2.24, 2.45) is 17.8 Å². The Morgan fingerprint density at radius 3 is 0.800 bits per heavy atom. The zero-order valence-corrected chi connectivity index (χ0v) is 44.8. The molecule has 0 spiro atoms. The second-order valence-corrected chi connectivity index (χ2v) is 21.5. The van der Waals surface area contributed by atoms with Gasteiger partial charge in [0.25, 0.3) is 0 Å². The van der Waals surface area contributed by atoms with Crippen molar-refractivity contribution in [2.75, 3.05) is 13.2 Å². The minimum atomic E-state index is -0.764. The van der Waals surface area contributed by atoms with Gasteiger partial charge in [0.15, 0.2) is 6.10 Å². The maximum Gasteiger partial charge on any atom is 0.306 e. The van der Waals surface area contributed by atoms with Crippen LogP contribution in [0.25, 0.3) is 0 Å². The highest BCUT2D eigenvalue weighted by Crippen LogP contribution is 2.19. The van der Waals surface area contributed by atoms with E-state index in [0.717, 1.165) is 75.5 Å². The number of ether oxygens (including phenoxy) is 3. The Hall–Kier alpha value is -1.59. The third-order valence-corrected chi connectivity index (χ3v) is 13.8. The average Bonchev–Trinajstić information content (AvgIpc) is 3.28. The van der Waals surface area contributed by atoms with Gasteiger partial charge in [-0.15, -0.1) is 0 Å². The number of hydrogen-bond acceptors (Lipinski definition) is 6. The van der Waals surface area contributed by atoms with E-state index in [1.807, 2.05) is 0 Å². The molecule has 0 heterocycles. The quantitative estimate of drug-likeness (QED) is 0.0344. The number of carbonyl (C=O) groups is 3. The van der Waals surface area contributed by atoms with E-state index in [1.54, 1.807) is 0 Å². The molecule has 0 rings (SSSR count). The van der Waals surface area contributed by atoms with Crippen LogP contribution in [0.2, 0.25) is 0 Å². The Morgan fingerprint density at radius 2 is 0.538 bits per heavy atom. The van der Waals surface area contributed by atoms with Crippen LogP contribution in [0.3, 0.4) is 0 Å². The van der Waals surface area contributed by atoms with Gasteiger partial charge >= 0.3 is 17.9 Å². The lowest BCUT2D eigenvalue weighted by Crippen LogP contribution is -2.30. The molecule has 0 bridgehead atoms. The Labute approximate surface area is 406 Å². The van der Waals surface area contributed by atoms with E-state index >= 15 is 0 Å². The average molecular weight is 920 g/mol. The third-order valence-electron chi connectivity index (χ3n) is 13.8. The molecular weight excluding hydrogens is 805 g/mol. The second kappa shape index (κ2) is 50.3. The number of esters is 3. The van der Waals surface area contributed by atoms with Crippen molar-refractivity contribution in [2.45, 2.75) is 330 Å². The van der Waals surface area contributed by atoms with E-state index < -0.39 is 6.10 Å². The molecule has 0 aliphatic rings. The van der Waals surface area contributed by atoms with Gasteiger partial charge in [-0.3, -0.25) is 14.4 Å². The fourth-order valence-corrected chi connectivity index (χ4v) is 8.97. The highest BCUT2D eigenvalue weighted by molar-refractivity contribution is 5.71. The molecule has 0 aliphatic heterocycles. The molecular formula is C59H114O6. The van der Waals surface area contributed by atoms with Gasteiger partial charge in [-0.1, -0.05) is 286 Å². The van der Waals surface area contributed by atoms with Crippen LogP contribution in [0.15, 0.2) is 0 Å². The molecule has 0 amide bonds. The van der Waals surface area contributed by atoms with E-state index in [9.17, 15) is 14.4 Å². The van der Waals surface area contributed by atoms with Crippen molar-refractivity contribution in [1.82, 2.24) is 0 Å². The van der Waals surface area contributed by atoms with Crippen molar-refractivity contribution in [3.05, 3.63) is 0 Å². The van der Waals surface area contributed by atoms with E-state index in [-0.39, 0.29) is 31.1 Å². The van der Waals surface area contributed by atoms with Crippen LogP contribution in [0.1, 0.15) is 324 Å². The lowest BCUT2D eigenvalue weighted by Gasteiger charge is -2.18. The van der Waals surface area contributed by atoms with Crippen LogP contribution in [0, 0.1) is 17.8 Å². The van der Waals surface area contributed by atoms with E-state index in [1.165, 1.54) is 205 Å². The highest BCUT2D eigenvalue weighted by atomic mass is 16.6. The molecule has 0 aromatic heterocycles. The molecule has 2 atom stereocenters. The summed E-state index contributed by atoms with van der Waals surface area (Å²) in [5.41, 5.74) is 0. The van der Waals surface area contributed by atoms with E-state index in [2.05, 4.69) is 41.5 Å². The molecule has 0 aromatic carbocycles. The smallest absolute Gasteiger partial charge is 0.306 e. The van der Waals surface area contributed by atoms with Gasteiger partial charge < -0.3 is 14.2 Å². The Kier molecular flexibility index (Phi) is 49.1. The summed E-state index contributed by atoms with van der Waals surface area (Å²) in [6.07, 6.45) is 52.3. The molecule has 65 heavy (non-hydrogen) atoms. The van der Waals surface area contributed by atoms with E-state index in [4.69, 9.17) is 14.2 Å². The maximum absolute atomic E-state index is 12.8. The molecule has 0 N–H and O–H groups in total. The summed E-state index contributed by atoms with van der Waals surface area (Å²) in [5.74, 6) is 1.70. The molecule has 1 unspecified atom stereocenters. The summed E-state index contributed by atoms with van der Waals surface area (Å²) in [7, 11) is 0. The fourth-order valence-electron chi connectivity index (χ4n) is 8.97. The first-order chi connectivity index (χ1) is 31.6. The number of hydrogen-bond donors (Lipinski definition) is 0. The standard InChI is InChI=1S/C59H114O6/c1-7-55(6)47-41-35-29-23-17-13-9-11-15-19-25-31-37-43-49-58(61)64-52-56(65-59(62)50-44-38-32-26-20-22-28-34-40-46-54(4)5)51-63-57(60)48-42-36-30-24-18-14-10-8-12-16-21-27-33-39-45-53(2)3/h53-56H,7-52H2,1-6H3/t55?,56-/m1/s1. The number of carbonyl (C=O) groups excluding carboxylic acids is 3. The van der Waals surface area contributed by atoms with Crippen LogP contribution >= 0.6 is 0 Å². The first-order valence-corrected chi connectivity index (χ1v) is 29.1. The zero-order chi connectivity index (χ0) is 47.7. The van der Waals surface area contributed by atoms with Crippen molar-refractivity contribution in [1.29, 1.82) is 0 Å². The molecule has 0 aromatic rings. The first-order valence-electron chi connectivity index (χ1n) is 29.1. The maximum atomic E-state index is 12.8. The molecule has 0 aliphatic carbocycles. The predicted molar refractivity (Wildman–Crippen MR) is 279 cm³/mol. The predicted octanol–water partition coefficient (Wildman–Crippen LogP) is 19.1. The van der Waals surface area contributed by atoms with Crippen molar-refractivity contribution < 1.29 is 28.6 Å². The van der Waals surface area contributed by atoms with Gasteiger partial charge in [0, 0.05) is 19.3 Å². The van der Waals surface area contributed by atoms with Crippen LogP contribution < -0.4 is 0 Å². The molecule has 6 heteroatoms. The van der Waals surface area contributed by atoms with Crippen molar-refractivity contribution in [3.63, 3.8) is 0 Å². The minimum absolute atomic E-state index is 0.0638. The highest BCUT2D eigenvalue weighted by Gasteiger charge is 2.19. The first kappa shape index (κ1) is 63.4. The van der Waals surface area contributed by atoms with Gasteiger partial charge in [0.2, 0.25) is 0 Å². The summed E-state index contributed by atoms with van der Waals surface area (Å²) < 4.78 is 16.9. The largest absolute Gasteiger partial charge is 0.462 e. The van der Waals surface area contributed by atoms with Crippen molar-refractivity contribution in [3.8, 4) is 0 Å². The molecule has 386 valence electrons. The number of rotatable bonds is 52. The van der Waals surface area contributed by atoms with Crippen LogP contribution in [-0.2, 0) is 28.6 Å². The summed E-state index contributed by atoms with van der Waals surface area (Å²) in [6, 6.07) is 0. The van der Waals surface area contributed by atoms with Gasteiger partial charge in [-0.05, 0) is 37.0 Å². The summed E-state index contributed by atoms with van der Waals surface area (Å²) in [5, 5.41) is 0. The molecule has 0 saturated carbocycles. The monoisotopic (exact) mass is 919 g/mol. The SMILES string of the molecule is CCC(C)CCCCCCCCCCCCCCCCC(=O)OC[C@@H](COC(=O)CCCCCCCCCCCCCCCCC(C)C)OC(=O)CCCCCCCCCCCC(C)C. The molecule has 0 saturated heterocycles. The van der Waals surface area contributed by atoms with E-state index in [0.29, 0.717) is 19.3 Å². The Balaban J connectivity index is 4.27. The summed E-state index contributed by atoms with van der Waals surface area (Å²) in [4.78, 5) is 38.1. The molecule has 0 radical (unpaired) electrons. The van der Waals surface area contributed by atoms with Gasteiger partial charge in [0.1, 0.15) is 13.2 Å². The zero-order valence-electron chi connectivity index (χ0n) is 44.8. The Bertz CT molecular complexity index is 1010. The van der Waals surface area contributed by atoms with Crippen LogP contribution in [-0.4, -0.2) is 37.2 Å². The lowest BCUT2D eigenvalue weighted by molar-refractivity contribution is -0.167. The van der Waals surface area contributed by atoms with Gasteiger partial charge in [-0.25, -0.2) is 0 Å². The Morgan fingerprint density at radius 1 is 0.308 bits per heavy atom. The molecule has 6 nitrogen and oxygen atoms in total. The van der Waals surface area contributed by atoms with Crippen LogP contribution in [0.5, 0.6) is 0 Å². The fraction of sp³-hybridized carbons (Fsp3) is 0.949. The molecule has 0 fully saturated rings. The topological polar surface area (TPSA) is 78.9 Å². The lowest BCUT2D eigenvalue weighted by atomic mass is 9.99. The van der Waals surface area contributed by atoms with Crippen molar-refractivity contribution >= 4 is 17.9 Å². The van der Waals surface area contributed by atoms with Crippen LogP contribution in [0.4, 0.5) is 0 Å².